The monoisotopic (exact) mass is 392 g/mol. The van der Waals surface area contributed by atoms with Crippen LogP contribution in [0.5, 0.6) is 5.88 Å². The lowest BCUT2D eigenvalue weighted by atomic mass is 10.1. The van der Waals surface area contributed by atoms with Crippen molar-refractivity contribution >= 4 is 0 Å². The number of H-pyrrole nitrogens is 1. The van der Waals surface area contributed by atoms with Gasteiger partial charge in [-0.3, -0.25) is 9.69 Å². The minimum atomic E-state index is -0.0975. The fraction of sp³-hybridized carbons (Fsp3) is 0.409. The lowest BCUT2D eigenvalue weighted by molar-refractivity contribution is 0.190. The Labute approximate surface area is 168 Å². The number of aromatic amines is 1. The lowest BCUT2D eigenvalue weighted by Crippen LogP contribution is -2.35. The molecule has 0 atom stereocenters. The fourth-order valence-electron chi connectivity index (χ4n) is 4.20. The highest BCUT2D eigenvalue weighted by molar-refractivity contribution is 5.47. The summed E-state index contributed by atoms with van der Waals surface area (Å²) in [5.41, 5.74) is 2.55. The Hall–Kier alpha value is -2.93. The summed E-state index contributed by atoms with van der Waals surface area (Å²) in [5.74, 6) is 1.80. The van der Waals surface area contributed by atoms with Gasteiger partial charge in [-0.25, -0.2) is 9.97 Å². The summed E-state index contributed by atoms with van der Waals surface area (Å²) < 4.78 is 11.5. The molecule has 7 nitrogen and oxygen atoms in total. The summed E-state index contributed by atoms with van der Waals surface area (Å²) in [4.78, 5) is 26.9. The van der Waals surface area contributed by atoms with Gasteiger partial charge in [-0.05, 0) is 43.9 Å². The van der Waals surface area contributed by atoms with E-state index in [4.69, 9.17) is 9.15 Å². The topological polar surface area (TPSA) is 84.3 Å². The van der Waals surface area contributed by atoms with Gasteiger partial charge in [-0.15, -0.1) is 0 Å². The van der Waals surface area contributed by atoms with Crippen LogP contribution in [0, 0.1) is 0 Å². The van der Waals surface area contributed by atoms with E-state index >= 15 is 0 Å². The summed E-state index contributed by atoms with van der Waals surface area (Å²) in [6.07, 6.45) is 9.03. The first-order chi connectivity index (χ1) is 14.3. The average molecular weight is 392 g/mol. The van der Waals surface area contributed by atoms with Crippen molar-refractivity contribution in [3.63, 3.8) is 0 Å². The molecular weight excluding hydrogens is 368 g/mol. The minimum Gasteiger partial charge on any atom is -0.474 e. The second-order valence-electron chi connectivity index (χ2n) is 7.77. The molecule has 1 saturated carbocycles. The molecule has 1 aliphatic carbocycles. The smallest absolute Gasteiger partial charge is 0.256 e. The Balaban J connectivity index is 1.34. The van der Waals surface area contributed by atoms with E-state index in [9.17, 15) is 4.79 Å². The minimum absolute atomic E-state index is 0.0975. The molecule has 0 radical (unpaired) electrons. The molecule has 0 unspecified atom stereocenters. The molecule has 1 N–H and O–H groups in total. The fourth-order valence-corrected chi connectivity index (χ4v) is 4.20. The van der Waals surface area contributed by atoms with Gasteiger partial charge in [0, 0.05) is 37.8 Å². The standard InChI is InChI=1S/C22H24N4O3/c27-21-17-14-26(11-9-18(17)24-20(25-21)19-8-4-12-28-19)13-15-5-3-10-23-22(15)29-16-6-1-2-7-16/h3-5,8,10,12,16H,1-2,6-7,9,11,13-14H2,(H,24,25,27). The van der Waals surface area contributed by atoms with E-state index in [1.165, 1.54) is 12.8 Å². The van der Waals surface area contributed by atoms with Crippen LogP contribution in [0.15, 0.2) is 45.9 Å². The highest BCUT2D eigenvalue weighted by Gasteiger charge is 2.24. The Morgan fingerprint density at radius 1 is 1.24 bits per heavy atom. The van der Waals surface area contributed by atoms with Gasteiger partial charge in [0.2, 0.25) is 5.88 Å². The number of hydrogen-bond acceptors (Lipinski definition) is 6. The van der Waals surface area contributed by atoms with E-state index in [1.807, 2.05) is 6.07 Å². The molecule has 4 heterocycles. The van der Waals surface area contributed by atoms with Crippen molar-refractivity contribution in [2.45, 2.75) is 51.3 Å². The average Bonchev–Trinajstić information content (AvgIpc) is 3.44. The Bertz CT molecular complexity index is 1040. The van der Waals surface area contributed by atoms with Gasteiger partial charge < -0.3 is 14.1 Å². The van der Waals surface area contributed by atoms with Gasteiger partial charge >= 0.3 is 0 Å². The molecule has 0 spiro atoms. The highest BCUT2D eigenvalue weighted by Crippen LogP contribution is 2.27. The number of rotatable bonds is 5. The number of aromatic nitrogens is 3. The predicted octanol–water partition coefficient (Wildman–Crippen LogP) is 3.30. The first-order valence-corrected chi connectivity index (χ1v) is 10.2. The number of hydrogen-bond donors (Lipinski definition) is 1. The van der Waals surface area contributed by atoms with Crippen LogP contribution in [0.4, 0.5) is 0 Å². The van der Waals surface area contributed by atoms with Crippen LogP contribution in [0.25, 0.3) is 11.6 Å². The quantitative estimate of drug-likeness (QED) is 0.717. The molecule has 7 heteroatoms. The Morgan fingerprint density at radius 2 is 2.14 bits per heavy atom. The maximum Gasteiger partial charge on any atom is 0.256 e. The molecule has 2 aliphatic rings. The van der Waals surface area contributed by atoms with E-state index in [2.05, 4.69) is 25.9 Å². The second-order valence-corrected chi connectivity index (χ2v) is 7.77. The molecule has 29 heavy (non-hydrogen) atoms. The molecule has 1 aliphatic heterocycles. The lowest BCUT2D eigenvalue weighted by Gasteiger charge is -2.28. The third-order valence-electron chi connectivity index (χ3n) is 5.73. The van der Waals surface area contributed by atoms with Crippen molar-refractivity contribution in [1.82, 2.24) is 19.9 Å². The molecule has 0 saturated heterocycles. The van der Waals surface area contributed by atoms with Gasteiger partial charge in [0.25, 0.3) is 5.56 Å². The predicted molar refractivity (Wildman–Crippen MR) is 107 cm³/mol. The molecular formula is C22H24N4O3. The molecule has 1 fully saturated rings. The van der Waals surface area contributed by atoms with E-state index < -0.39 is 0 Å². The van der Waals surface area contributed by atoms with E-state index in [0.29, 0.717) is 24.7 Å². The third-order valence-corrected chi connectivity index (χ3v) is 5.73. The summed E-state index contributed by atoms with van der Waals surface area (Å²) >= 11 is 0. The molecule has 5 rings (SSSR count). The maximum atomic E-state index is 12.7. The second kappa shape index (κ2) is 7.83. The molecule has 0 bridgehead atoms. The zero-order chi connectivity index (χ0) is 19.6. The number of nitrogens with zero attached hydrogens (tertiary/aromatic N) is 3. The van der Waals surface area contributed by atoms with Crippen molar-refractivity contribution in [2.24, 2.45) is 0 Å². The molecule has 3 aromatic heterocycles. The van der Waals surface area contributed by atoms with Crippen LogP contribution < -0.4 is 10.3 Å². The summed E-state index contributed by atoms with van der Waals surface area (Å²) in [6.45, 7) is 2.10. The Morgan fingerprint density at radius 3 is 2.97 bits per heavy atom. The van der Waals surface area contributed by atoms with Gasteiger partial charge in [0.1, 0.15) is 6.10 Å². The number of fused-ring (bicyclic) bond motifs is 1. The molecule has 3 aromatic rings. The van der Waals surface area contributed by atoms with E-state index in [-0.39, 0.29) is 11.7 Å². The van der Waals surface area contributed by atoms with Gasteiger partial charge in [0.15, 0.2) is 11.6 Å². The Kier molecular flexibility index (Phi) is 4.89. The van der Waals surface area contributed by atoms with Crippen molar-refractivity contribution in [2.75, 3.05) is 6.54 Å². The number of furan rings is 1. The number of nitrogens with one attached hydrogen (secondary N) is 1. The zero-order valence-corrected chi connectivity index (χ0v) is 16.3. The molecule has 0 amide bonds. The van der Waals surface area contributed by atoms with E-state index in [1.54, 1.807) is 24.6 Å². The van der Waals surface area contributed by atoms with Crippen molar-refractivity contribution < 1.29 is 9.15 Å². The van der Waals surface area contributed by atoms with Crippen LogP contribution in [0.1, 0.15) is 42.5 Å². The molecule has 0 aromatic carbocycles. The molecule has 150 valence electrons. The van der Waals surface area contributed by atoms with Gasteiger partial charge in [0.05, 0.1) is 17.5 Å². The summed E-state index contributed by atoms with van der Waals surface area (Å²) in [7, 11) is 0. The van der Waals surface area contributed by atoms with Gasteiger partial charge in [-0.2, -0.15) is 0 Å². The summed E-state index contributed by atoms with van der Waals surface area (Å²) in [6, 6.07) is 7.59. The third kappa shape index (κ3) is 3.82. The van der Waals surface area contributed by atoms with Crippen LogP contribution >= 0.6 is 0 Å². The van der Waals surface area contributed by atoms with Crippen LogP contribution in [0.2, 0.25) is 0 Å². The van der Waals surface area contributed by atoms with Gasteiger partial charge in [-0.1, -0.05) is 6.07 Å². The number of pyridine rings is 1. The van der Waals surface area contributed by atoms with Crippen molar-refractivity contribution in [3.8, 4) is 17.5 Å². The van der Waals surface area contributed by atoms with E-state index in [0.717, 1.165) is 48.5 Å². The van der Waals surface area contributed by atoms with Crippen LogP contribution in [0.3, 0.4) is 0 Å². The van der Waals surface area contributed by atoms with Crippen molar-refractivity contribution in [3.05, 3.63) is 63.9 Å². The SMILES string of the molecule is O=c1[nH]c(-c2ccco2)nc2c1CN(Cc1cccnc1OC1CCCC1)CC2. The van der Waals surface area contributed by atoms with Crippen LogP contribution in [-0.2, 0) is 19.5 Å². The highest BCUT2D eigenvalue weighted by atomic mass is 16.5. The number of ether oxygens (including phenoxy) is 1. The van der Waals surface area contributed by atoms with Crippen LogP contribution in [-0.4, -0.2) is 32.5 Å². The largest absolute Gasteiger partial charge is 0.474 e. The first kappa shape index (κ1) is 18.1. The summed E-state index contributed by atoms with van der Waals surface area (Å²) in [5, 5.41) is 0. The first-order valence-electron chi connectivity index (χ1n) is 10.2. The normalized spacial score (nSPS) is 17.4. The van der Waals surface area contributed by atoms with Crippen molar-refractivity contribution in [1.29, 1.82) is 0 Å². The zero-order valence-electron chi connectivity index (χ0n) is 16.3. The maximum absolute atomic E-state index is 12.7.